The number of carbonyl (C=O) groups is 3. The largest absolute Gasteiger partial charge is 0.481 e. The van der Waals surface area contributed by atoms with Gasteiger partial charge >= 0.3 is 12.1 Å². The van der Waals surface area contributed by atoms with E-state index in [4.69, 9.17) is 9.84 Å². The molecule has 2 amide bonds. The van der Waals surface area contributed by atoms with Gasteiger partial charge in [0.2, 0.25) is 0 Å². The maximum Gasteiger partial charge on any atom is 0.411 e. The molecule has 7 nitrogen and oxygen atoms in total. The lowest BCUT2D eigenvalue weighted by Gasteiger charge is -2.16. The molecule has 1 aliphatic rings. The number of carboxylic acids is 1. The van der Waals surface area contributed by atoms with E-state index >= 15 is 0 Å². The molecule has 0 aliphatic heterocycles. The molecule has 4 rings (SSSR count). The fourth-order valence-electron chi connectivity index (χ4n) is 4.22. The predicted octanol–water partition coefficient (Wildman–Crippen LogP) is 5.64. The van der Waals surface area contributed by atoms with Crippen LogP contribution >= 0.6 is 22.6 Å². The summed E-state index contributed by atoms with van der Waals surface area (Å²) in [6.07, 6.45) is -0.231. The van der Waals surface area contributed by atoms with Gasteiger partial charge in [0.15, 0.2) is 0 Å². The Bertz CT molecular complexity index is 1230. The van der Waals surface area contributed by atoms with Gasteiger partial charge in [-0.15, -0.1) is 0 Å². The van der Waals surface area contributed by atoms with Crippen molar-refractivity contribution in [2.75, 3.05) is 11.9 Å². The van der Waals surface area contributed by atoms with Crippen molar-refractivity contribution in [1.82, 2.24) is 5.32 Å². The van der Waals surface area contributed by atoms with Gasteiger partial charge in [0.05, 0.1) is 5.69 Å². The third-order valence-electron chi connectivity index (χ3n) is 5.98. The summed E-state index contributed by atoms with van der Waals surface area (Å²) in [6, 6.07) is 21.0. The Morgan fingerprint density at radius 1 is 1.00 bits per heavy atom. The summed E-state index contributed by atoms with van der Waals surface area (Å²) in [5.74, 6) is -1.22. The van der Waals surface area contributed by atoms with E-state index in [9.17, 15) is 14.4 Å². The molecule has 3 N–H and O–H groups in total. The van der Waals surface area contributed by atoms with Crippen molar-refractivity contribution in [1.29, 1.82) is 0 Å². The maximum absolute atomic E-state index is 12.6. The lowest BCUT2D eigenvalue weighted by Crippen LogP contribution is -2.33. The van der Waals surface area contributed by atoms with Crippen molar-refractivity contribution < 1.29 is 24.2 Å². The van der Waals surface area contributed by atoms with Crippen LogP contribution in [0.4, 0.5) is 10.5 Å². The molecule has 0 radical (unpaired) electrons. The van der Waals surface area contributed by atoms with Crippen LogP contribution in [-0.2, 0) is 9.53 Å². The third kappa shape index (κ3) is 5.82. The van der Waals surface area contributed by atoms with Gasteiger partial charge in [-0.3, -0.25) is 14.9 Å². The van der Waals surface area contributed by atoms with Crippen LogP contribution in [0.25, 0.3) is 11.1 Å². The molecule has 35 heavy (non-hydrogen) atoms. The molecule has 0 spiro atoms. The third-order valence-corrected chi connectivity index (χ3v) is 6.87. The molecule has 1 aliphatic carbocycles. The average molecular weight is 584 g/mol. The molecule has 0 fully saturated rings. The Kier molecular flexibility index (Phi) is 7.70. The number of carbonyl (C=O) groups excluding carboxylic acids is 2. The molecular weight excluding hydrogens is 559 g/mol. The summed E-state index contributed by atoms with van der Waals surface area (Å²) in [4.78, 5) is 35.7. The van der Waals surface area contributed by atoms with Crippen molar-refractivity contribution in [2.24, 2.45) is 0 Å². The van der Waals surface area contributed by atoms with Gasteiger partial charge in [0.1, 0.15) is 6.61 Å². The Morgan fingerprint density at radius 3 is 2.23 bits per heavy atom. The first-order valence-electron chi connectivity index (χ1n) is 11.3. The van der Waals surface area contributed by atoms with Gasteiger partial charge in [-0.2, -0.15) is 0 Å². The lowest BCUT2D eigenvalue weighted by atomic mass is 9.98. The van der Waals surface area contributed by atoms with E-state index in [1.807, 2.05) is 24.3 Å². The molecule has 0 aromatic heterocycles. The molecule has 3 aromatic carbocycles. The normalized spacial score (nSPS) is 12.9. The Hall–Kier alpha value is -3.40. The second-order valence-electron chi connectivity index (χ2n) is 8.45. The topological polar surface area (TPSA) is 105 Å². The standard InChI is InChI=1S/C27H25IN2O5/c1-16(10-13-25(31)32)29-26(33)17-11-12-24(23(28)14-17)30-27(34)35-15-22-20-8-4-2-6-18(20)19-7-3-5-9-21(19)22/h2-9,11-12,14,16,22H,10,13,15H2,1H3,(H,29,33)(H,30,34)(H,31,32). The fourth-order valence-corrected chi connectivity index (χ4v) is 4.87. The van der Waals surface area contributed by atoms with Crippen LogP contribution in [-0.4, -0.2) is 35.7 Å². The fraction of sp³-hybridized carbons (Fsp3) is 0.222. The minimum atomic E-state index is -0.899. The van der Waals surface area contributed by atoms with Gasteiger partial charge in [0.25, 0.3) is 5.91 Å². The average Bonchev–Trinajstić information content (AvgIpc) is 3.16. The summed E-state index contributed by atoms with van der Waals surface area (Å²) < 4.78 is 6.28. The highest BCUT2D eigenvalue weighted by molar-refractivity contribution is 14.1. The minimum absolute atomic E-state index is 0.0119. The van der Waals surface area contributed by atoms with Crippen molar-refractivity contribution in [3.05, 3.63) is 87.0 Å². The zero-order valence-electron chi connectivity index (χ0n) is 19.1. The maximum atomic E-state index is 12.6. The van der Waals surface area contributed by atoms with Crippen LogP contribution in [0.2, 0.25) is 0 Å². The molecule has 1 atom stereocenters. The Morgan fingerprint density at radius 2 is 1.63 bits per heavy atom. The number of benzene rings is 3. The molecule has 8 heteroatoms. The lowest BCUT2D eigenvalue weighted by molar-refractivity contribution is -0.137. The van der Waals surface area contributed by atoms with Gasteiger partial charge in [0, 0.05) is 27.5 Å². The first-order valence-corrected chi connectivity index (χ1v) is 12.4. The van der Waals surface area contributed by atoms with Crippen LogP contribution < -0.4 is 10.6 Å². The van der Waals surface area contributed by atoms with E-state index < -0.39 is 12.1 Å². The van der Waals surface area contributed by atoms with E-state index in [0.29, 0.717) is 21.2 Å². The summed E-state index contributed by atoms with van der Waals surface area (Å²) in [6.45, 7) is 1.98. The summed E-state index contributed by atoms with van der Waals surface area (Å²) >= 11 is 2.05. The highest BCUT2D eigenvalue weighted by Gasteiger charge is 2.29. The zero-order chi connectivity index (χ0) is 24.9. The van der Waals surface area contributed by atoms with Crippen LogP contribution in [0.1, 0.15) is 47.2 Å². The number of amides is 2. The number of ether oxygens (including phenoxy) is 1. The van der Waals surface area contributed by atoms with E-state index in [1.54, 1.807) is 25.1 Å². The van der Waals surface area contributed by atoms with Gasteiger partial charge in [-0.1, -0.05) is 48.5 Å². The molecular formula is C27H25IN2O5. The van der Waals surface area contributed by atoms with Crippen molar-refractivity contribution in [2.45, 2.75) is 31.7 Å². The number of hydrogen-bond acceptors (Lipinski definition) is 4. The first kappa shape index (κ1) is 24.7. The molecule has 3 aromatic rings. The zero-order valence-corrected chi connectivity index (χ0v) is 21.2. The molecule has 0 saturated carbocycles. The van der Waals surface area contributed by atoms with E-state index in [2.05, 4.69) is 57.5 Å². The first-order chi connectivity index (χ1) is 16.8. The monoisotopic (exact) mass is 584 g/mol. The van der Waals surface area contributed by atoms with Crippen LogP contribution in [0.15, 0.2) is 66.7 Å². The number of fused-ring (bicyclic) bond motifs is 3. The van der Waals surface area contributed by atoms with E-state index in [1.165, 1.54) is 0 Å². The van der Waals surface area contributed by atoms with E-state index in [-0.39, 0.29) is 30.9 Å². The second-order valence-corrected chi connectivity index (χ2v) is 9.61. The van der Waals surface area contributed by atoms with E-state index in [0.717, 1.165) is 22.3 Å². The number of rotatable bonds is 8. The molecule has 180 valence electrons. The second kappa shape index (κ2) is 10.9. The number of hydrogen-bond donors (Lipinski definition) is 3. The number of nitrogens with one attached hydrogen (secondary N) is 2. The summed E-state index contributed by atoms with van der Waals surface area (Å²) in [7, 11) is 0. The highest BCUT2D eigenvalue weighted by Crippen LogP contribution is 2.44. The number of halogens is 1. The number of carboxylic acid groups (broad SMARTS) is 1. The summed E-state index contributed by atoms with van der Waals surface area (Å²) in [5.41, 5.74) is 5.58. The minimum Gasteiger partial charge on any atom is -0.481 e. The Balaban J connectivity index is 1.36. The van der Waals surface area contributed by atoms with Gasteiger partial charge in [-0.25, -0.2) is 4.79 Å². The molecule has 0 bridgehead atoms. The number of anilines is 1. The quantitative estimate of drug-likeness (QED) is 0.298. The smallest absolute Gasteiger partial charge is 0.411 e. The SMILES string of the molecule is CC(CCC(=O)O)NC(=O)c1ccc(NC(=O)OCC2c3ccccc3-c3ccccc32)c(I)c1. The molecule has 0 saturated heterocycles. The van der Waals surface area contributed by atoms with Crippen LogP contribution in [0.3, 0.4) is 0 Å². The van der Waals surface area contributed by atoms with Gasteiger partial charge in [-0.05, 0) is 76.4 Å². The van der Waals surface area contributed by atoms with Crippen molar-refractivity contribution in [3.63, 3.8) is 0 Å². The highest BCUT2D eigenvalue weighted by atomic mass is 127. The van der Waals surface area contributed by atoms with Crippen LogP contribution in [0.5, 0.6) is 0 Å². The van der Waals surface area contributed by atoms with Crippen LogP contribution in [0, 0.1) is 3.57 Å². The number of aliphatic carboxylic acids is 1. The van der Waals surface area contributed by atoms with Crippen molar-refractivity contribution >= 4 is 46.2 Å². The predicted molar refractivity (Wildman–Crippen MR) is 142 cm³/mol. The summed E-state index contributed by atoms with van der Waals surface area (Å²) in [5, 5.41) is 14.3. The van der Waals surface area contributed by atoms with Crippen molar-refractivity contribution in [3.8, 4) is 11.1 Å². The van der Waals surface area contributed by atoms with Gasteiger partial charge < -0.3 is 15.2 Å². The molecule has 1 unspecified atom stereocenters. The Labute approximate surface area is 217 Å². The molecule has 0 heterocycles.